The van der Waals surface area contributed by atoms with Gasteiger partial charge < -0.3 is 15.3 Å². The SMILES string of the molecule is O=C(O)c1csc(CCNC(=O)N2CCCC[C@H]2c2cccnc2)n1. The first kappa shape index (κ1) is 17.3. The van der Waals surface area contributed by atoms with Crippen LogP contribution < -0.4 is 5.32 Å². The van der Waals surface area contributed by atoms with E-state index >= 15 is 0 Å². The zero-order valence-corrected chi connectivity index (χ0v) is 14.5. The number of carboxylic acid groups (broad SMARTS) is 1. The van der Waals surface area contributed by atoms with Crippen LogP contribution >= 0.6 is 11.3 Å². The van der Waals surface area contributed by atoms with Gasteiger partial charge in [0.2, 0.25) is 0 Å². The minimum absolute atomic E-state index is 0.0546. The Balaban J connectivity index is 1.56. The van der Waals surface area contributed by atoms with Crippen molar-refractivity contribution in [3.8, 4) is 0 Å². The highest BCUT2D eigenvalue weighted by Gasteiger charge is 2.27. The van der Waals surface area contributed by atoms with Gasteiger partial charge in [0.25, 0.3) is 0 Å². The first-order chi connectivity index (χ1) is 12.1. The second-order valence-electron chi connectivity index (χ2n) is 5.90. The molecule has 8 heteroatoms. The Bertz CT molecular complexity index is 735. The van der Waals surface area contributed by atoms with E-state index in [9.17, 15) is 9.59 Å². The molecule has 2 amide bonds. The van der Waals surface area contributed by atoms with E-state index in [4.69, 9.17) is 5.11 Å². The average Bonchev–Trinajstić information content (AvgIpc) is 3.12. The number of urea groups is 1. The molecule has 0 unspecified atom stereocenters. The molecule has 1 aliphatic rings. The number of nitrogens with zero attached hydrogens (tertiary/aromatic N) is 3. The predicted molar refractivity (Wildman–Crippen MR) is 93.7 cm³/mol. The number of aromatic nitrogens is 2. The highest BCUT2D eigenvalue weighted by atomic mass is 32.1. The van der Waals surface area contributed by atoms with Crippen molar-refractivity contribution in [3.05, 3.63) is 46.2 Å². The molecule has 1 aliphatic heterocycles. The molecule has 2 aromatic heterocycles. The van der Waals surface area contributed by atoms with Gasteiger partial charge in [-0.25, -0.2) is 14.6 Å². The molecule has 2 N–H and O–H groups in total. The molecule has 132 valence electrons. The van der Waals surface area contributed by atoms with Crippen molar-refractivity contribution in [1.82, 2.24) is 20.2 Å². The van der Waals surface area contributed by atoms with E-state index in [1.54, 1.807) is 6.20 Å². The Labute approximate surface area is 149 Å². The van der Waals surface area contributed by atoms with Crippen LogP contribution in [0.5, 0.6) is 0 Å². The Kier molecular flexibility index (Phi) is 5.60. The van der Waals surface area contributed by atoms with Crippen molar-refractivity contribution in [3.63, 3.8) is 0 Å². The number of carbonyl (C=O) groups is 2. The number of aromatic carboxylic acids is 1. The number of rotatable bonds is 5. The molecule has 3 rings (SSSR count). The van der Waals surface area contributed by atoms with Gasteiger partial charge in [0.15, 0.2) is 5.69 Å². The van der Waals surface area contributed by atoms with Gasteiger partial charge in [-0.1, -0.05) is 6.07 Å². The summed E-state index contributed by atoms with van der Waals surface area (Å²) in [5.41, 5.74) is 1.11. The molecule has 7 nitrogen and oxygen atoms in total. The smallest absolute Gasteiger partial charge is 0.355 e. The van der Waals surface area contributed by atoms with E-state index < -0.39 is 5.97 Å². The van der Waals surface area contributed by atoms with Crippen LogP contribution in [0.15, 0.2) is 29.9 Å². The van der Waals surface area contributed by atoms with E-state index in [1.165, 1.54) is 16.7 Å². The topological polar surface area (TPSA) is 95.4 Å². The molecule has 0 spiro atoms. The van der Waals surface area contributed by atoms with Crippen molar-refractivity contribution in [1.29, 1.82) is 0 Å². The number of likely N-dealkylation sites (tertiary alicyclic amines) is 1. The highest BCUT2D eigenvalue weighted by Crippen LogP contribution is 2.30. The lowest BCUT2D eigenvalue weighted by molar-refractivity contribution is 0.0691. The van der Waals surface area contributed by atoms with Crippen LogP contribution in [0.25, 0.3) is 0 Å². The van der Waals surface area contributed by atoms with Gasteiger partial charge in [0.1, 0.15) is 0 Å². The molecular weight excluding hydrogens is 340 g/mol. The molecule has 1 atom stereocenters. The van der Waals surface area contributed by atoms with Crippen LogP contribution in [0, 0.1) is 0 Å². The summed E-state index contributed by atoms with van der Waals surface area (Å²) in [4.78, 5) is 33.5. The van der Waals surface area contributed by atoms with Crippen molar-refractivity contribution < 1.29 is 14.7 Å². The number of hydrogen-bond donors (Lipinski definition) is 2. The largest absolute Gasteiger partial charge is 0.476 e. The maximum atomic E-state index is 12.6. The standard InChI is InChI=1S/C17H20N4O3S/c22-16(23)13-11-25-15(20-13)6-8-19-17(24)21-9-2-1-5-14(21)12-4-3-7-18-10-12/h3-4,7,10-11,14H,1-2,5-6,8-9H2,(H,19,24)(H,22,23)/t14-/m0/s1. The average molecular weight is 360 g/mol. The highest BCUT2D eigenvalue weighted by molar-refractivity contribution is 7.09. The third-order valence-electron chi connectivity index (χ3n) is 4.22. The van der Waals surface area contributed by atoms with Crippen LogP contribution in [-0.4, -0.2) is 45.1 Å². The fourth-order valence-electron chi connectivity index (χ4n) is 3.00. The first-order valence-electron chi connectivity index (χ1n) is 8.27. The van der Waals surface area contributed by atoms with Gasteiger partial charge in [-0.05, 0) is 30.9 Å². The van der Waals surface area contributed by atoms with Gasteiger partial charge in [-0.15, -0.1) is 11.3 Å². The molecule has 0 bridgehead atoms. The number of amides is 2. The lowest BCUT2D eigenvalue weighted by Crippen LogP contribution is -2.45. The Morgan fingerprint density at radius 1 is 1.40 bits per heavy atom. The zero-order chi connectivity index (χ0) is 17.6. The summed E-state index contributed by atoms with van der Waals surface area (Å²) in [7, 11) is 0. The molecule has 0 aliphatic carbocycles. The maximum Gasteiger partial charge on any atom is 0.355 e. The quantitative estimate of drug-likeness (QED) is 0.855. The summed E-state index contributed by atoms with van der Waals surface area (Å²) < 4.78 is 0. The minimum Gasteiger partial charge on any atom is -0.476 e. The second kappa shape index (κ2) is 8.06. The Morgan fingerprint density at radius 3 is 3.00 bits per heavy atom. The number of piperidine rings is 1. The predicted octanol–water partition coefficient (Wildman–Crippen LogP) is 2.72. The van der Waals surface area contributed by atoms with E-state index in [-0.39, 0.29) is 17.8 Å². The third kappa shape index (κ3) is 4.33. The zero-order valence-electron chi connectivity index (χ0n) is 13.7. The number of thiazole rings is 1. The number of carbonyl (C=O) groups excluding carboxylic acids is 1. The molecule has 0 aromatic carbocycles. The molecule has 1 saturated heterocycles. The fraction of sp³-hybridized carbons (Fsp3) is 0.412. The van der Waals surface area contributed by atoms with E-state index in [0.29, 0.717) is 18.0 Å². The summed E-state index contributed by atoms with van der Waals surface area (Å²) >= 11 is 1.30. The fourth-order valence-corrected chi connectivity index (χ4v) is 3.77. The van der Waals surface area contributed by atoms with Gasteiger partial charge >= 0.3 is 12.0 Å². The number of nitrogens with one attached hydrogen (secondary N) is 1. The maximum absolute atomic E-state index is 12.6. The molecule has 3 heterocycles. The molecule has 25 heavy (non-hydrogen) atoms. The molecule has 0 radical (unpaired) electrons. The van der Waals surface area contributed by atoms with Gasteiger partial charge in [0, 0.05) is 37.3 Å². The van der Waals surface area contributed by atoms with Crippen LogP contribution in [0.1, 0.15) is 46.4 Å². The van der Waals surface area contributed by atoms with Crippen molar-refractivity contribution >= 4 is 23.3 Å². The number of carboxylic acids is 1. The van der Waals surface area contributed by atoms with E-state index in [0.717, 1.165) is 31.4 Å². The van der Waals surface area contributed by atoms with Crippen molar-refractivity contribution in [2.24, 2.45) is 0 Å². The number of hydrogen-bond acceptors (Lipinski definition) is 5. The van der Waals surface area contributed by atoms with E-state index in [1.807, 2.05) is 23.2 Å². The lowest BCUT2D eigenvalue weighted by Gasteiger charge is -2.35. The Morgan fingerprint density at radius 2 is 2.28 bits per heavy atom. The summed E-state index contributed by atoms with van der Waals surface area (Å²) in [5, 5.41) is 14.0. The minimum atomic E-state index is -1.03. The normalized spacial score (nSPS) is 17.3. The summed E-state index contributed by atoms with van der Waals surface area (Å²) in [5.74, 6) is -1.03. The van der Waals surface area contributed by atoms with Crippen molar-refractivity contribution in [2.45, 2.75) is 31.7 Å². The van der Waals surface area contributed by atoms with Gasteiger partial charge in [-0.3, -0.25) is 4.98 Å². The van der Waals surface area contributed by atoms with Crippen LogP contribution in [0.4, 0.5) is 4.79 Å². The van der Waals surface area contributed by atoms with Gasteiger partial charge in [0.05, 0.1) is 11.0 Å². The summed E-state index contributed by atoms with van der Waals surface area (Å²) in [6.45, 7) is 1.16. The number of pyridine rings is 1. The molecule has 0 saturated carbocycles. The molecule has 1 fully saturated rings. The van der Waals surface area contributed by atoms with Crippen LogP contribution in [0.3, 0.4) is 0 Å². The Hall–Kier alpha value is -2.48. The third-order valence-corrected chi connectivity index (χ3v) is 5.13. The first-order valence-corrected chi connectivity index (χ1v) is 9.15. The molecule has 2 aromatic rings. The second-order valence-corrected chi connectivity index (χ2v) is 6.85. The van der Waals surface area contributed by atoms with E-state index in [2.05, 4.69) is 15.3 Å². The molecular formula is C17H20N4O3S. The summed E-state index contributed by atoms with van der Waals surface area (Å²) in [6, 6.07) is 3.86. The van der Waals surface area contributed by atoms with Gasteiger partial charge in [-0.2, -0.15) is 0 Å². The van der Waals surface area contributed by atoms with Crippen LogP contribution in [-0.2, 0) is 6.42 Å². The monoisotopic (exact) mass is 360 g/mol. The van der Waals surface area contributed by atoms with Crippen LogP contribution in [0.2, 0.25) is 0 Å². The summed E-state index contributed by atoms with van der Waals surface area (Å²) in [6.07, 6.45) is 7.11. The lowest BCUT2D eigenvalue weighted by atomic mass is 9.97. The van der Waals surface area contributed by atoms with Crippen molar-refractivity contribution in [2.75, 3.05) is 13.1 Å².